The number of thiazole rings is 1. The second-order valence-electron chi connectivity index (χ2n) is 6.95. The Kier molecular flexibility index (Phi) is 4.99. The molecule has 0 aliphatic carbocycles. The van der Waals surface area contributed by atoms with Crippen molar-refractivity contribution in [3.05, 3.63) is 53.2 Å². The van der Waals surface area contributed by atoms with Crippen molar-refractivity contribution in [3.8, 4) is 0 Å². The summed E-state index contributed by atoms with van der Waals surface area (Å²) in [6.45, 7) is 5.12. The highest BCUT2D eigenvalue weighted by atomic mass is 32.1. The number of likely N-dealkylation sites (tertiary alicyclic amines) is 1. The number of hydrogen-bond acceptors (Lipinski definition) is 6. The zero-order valence-corrected chi connectivity index (χ0v) is 16.0. The molecule has 6 nitrogen and oxygen atoms in total. The van der Waals surface area contributed by atoms with Crippen molar-refractivity contribution in [1.29, 1.82) is 0 Å². The number of imidazole rings is 1. The van der Waals surface area contributed by atoms with Crippen LogP contribution in [0.4, 0.5) is 10.9 Å². The van der Waals surface area contributed by atoms with Gasteiger partial charge in [0.05, 0.1) is 12.2 Å². The smallest absolute Gasteiger partial charge is 0.188 e. The highest BCUT2D eigenvalue weighted by Gasteiger charge is 2.24. The summed E-state index contributed by atoms with van der Waals surface area (Å²) in [5.41, 5.74) is 2.35. The second kappa shape index (κ2) is 7.55. The van der Waals surface area contributed by atoms with Gasteiger partial charge in [0.25, 0.3) is 0 Å². The van der Waals surface area contributed by atoms with Crippen molar-refractivity contribution in [1.82, 2.24) is 24.4 Å². The third-order valence-corrected chi connectivity index (χ3v) is 5.65. The van der Waals surface area contributed by atoms with E-state index in [1.807, 2.05) is 31.6 Å². The van der Waals surface area contributed by atoms with Crippen LogP contribution in [0.25, 0.3) is 0 Å². The van der Waals surface area contributed by atoms with Crippen molar-refractivity contribution >= 4 is 22.3 Å². The number of anilines is 2. The Bertz CT molecular complexity index is 853. The molecule has 0 saturated carbocycles. The molecule has 1 aliphatic rings. The molecule has 0 aromatic carbocycles. The van der Waals surface area contributed by atoms with E-state index in [1.54, 1.807) is 11.3 Å². The molecule has 1 aliphatic heterocycles. The first-order valence-corrected chi connectivity index (χ1v) is 9.89. The van der Waals surface area contributed by atoms with E-state index in [4.69, 9.17) is 4.98 Å². The Balaban J connectivity index is 1.40. The summed E-state index contributed by atoms with van der Waals surface area (Å²) in [7, 11) is 2.06. The molecule has 1 atom stereocenters. The summed E-state index contributed by atoms with van der Waals surface area (Å²) in [4.78, 5) is 16.2. The Hall–Kier alpha value is -2.25. The molecule has 1 N–H and O–H groups in total. The molecule has 1 saturated heterocycles. The molecule has 1 fully saturated rings. The van der Waals surface area contributed by atoms with Gasteiger partial charge in [0.15, 0.2) is 5.13 Å². The fourth-order valence-electron chi connectivity index (χ4n) is 3.37. The van der Waals surface area contributed by atoms with Crippen molar-refractivity contribution in [3.63, 3.8) is 0 Å². The molecule has 4 heterocycles. The van der Waals surface area contributed by atoms with E-state index < -0.39 is 0 Å². The van der Waals surface area contributed by atoms with Gasteiger partial charge < -0.3 is 9.88 Å². The molecular weight excluding hydrogens is 344 g/mol. The number of aryl methyl sites for hydroxylation is 2. The summed E-state index contributed by atoms with van der Waals surface area (Å²) < 4.78 is 2.10. The molecule has 0 radical (unpaired) electrons. The predicted octanol–water partition coefficient (Wildman–Crippen LogP) is 3.70. The first-order chi connectivity index (χ1) is 12.7. The fraction of sp³-hybridized carbons (Fsp3) is 0.421. The van der Waals surface area contributed by atoms with E-state index in [9.17, 15) is 0 Å². The lowest BCUT2D eigenvalue weighted by molar-refractivity contribution is 0.193. The average molecular weight is 369 g/mol. The number of hydrogen-bond donors (Lipinski definition) is 1. The molecule has 3 aromatic rings. The maximum absolute atomic E-state index is 4.82. The number of rotatable bonds is 5. The minimum atomic E-state index is 0.488. The first-order valence-electron chi connectivity index (χ1n) is 9.01. The summed E-state index contributed by atoms with van der Waals surface area (Å²) in [5, 5.41) is 6.42. The zero-order chi connectivity index (χ0) is 17.9. The Morgan fingerprint density at radius 2 is 2.23 bits per heavy atom. The molecule has 3 aromatic heterocycles. The van der Waals surface area contributed by atoms with E-state index in [-0.39, 0.29) is 0 Å². The van der Waals surface area contributed by atoms with Crippen molar-refractivity contribution in [2.75, 3.05) is 18.4 Å². The summed E-state index contributed by atoms with van der Waals surface area (Å²) in [6.07, 6.45) is 8.15. The topological polar surface area (TPSA) is 58.9 Å². The minimum absolute atomic E-state index is 0.488. The van der Waals surface area contributed by atoms with Gasteiger partial charge in [-0.2, -0.15) is 0 Å². The summed E-state index contributed by atoms with van der Waals surface area (Å²) in [6, 6.07) is 4.05. The van der Waals surface area contributed by atoms with Gasteiger partial charge in [-0.15, -0.1) is 11.3 Å². The van der Waals surface area contributed by atoms with Gasteiger partial charge in [0.1, 0.15) is 11.6 Å². The Morgan fingerprint density at radius 1 is 1.31 bits per heavy atom. The molecule has 4 rings (SSSR count). The lowest BCUT2D eigenvalue weighted by Gasteiger charge is -2.31. The second-order valence-corrected chi connectivity index (χ2v) is 7.81. The van der Waals surface area contributed by atoms with Gasteiger partial charge in [0.2, 0.25) is 0 Å². The zero-order valence-electron chi connectivity index (χ0n) is 15.2. The van der Waals surface area contributed by atoms with Crippen LogP contribution in [0, 0.1) is 6.92 Å². The van der Waals surface area contributed by atoms with Crippen LogP contribution in [0.1, 0.15) is 35.8 Å². The van der Waals surface area contributed by atoms with Gasteiger partial charge in [-0.05, 0) is 37.9 Å². The van der Waals surface area contributed by atoms with Gasteiger partial charge in [-0.1, -0.05) is 6.07 Å². The highest BCUT2D eigenvalue weighted by Crippen LogP contribution is 2.30. The van der Waals surface area contributed by atoms with Crippen LogP contribution in [-0.4, -0.2) is 37.5 Å². The highest BCUT2D eigenvalue weighted by molar-refractivity contribution is 7.13. The number of nitrogens with one attached hydrogen (secondary N) is 1. The van der Waals surface area contributed by atoms with Crippen LogP contribution in [0.15, 0.2) is 36.1 Å². The maximum Gasteiger partial charge on any atom is 0.188 e. The molecule has 136 valence electrons. The van der Waals surface area contributed by atoms with Gasteiger partial charge >= 0.3 is 0 Å². The van der Waals surface area contributed by atoms with Crippen LogP contribution in [0.2, 0.25) is 0 Å². The Labute approximate surface area is 157 Å². The first kappa shape index (κ1) is 17.2. The molecule has 26 heavy (non-hydrogen) atoms. The number of pyridine rings is 1. The van der Waals surface area contributed by atoms with Crippen LogP contribution >= 0.6 is 11.3 Å². The van der Waals surface area contributed by atoms with E-state index in [0.717, 1.165) is 42.0 Å². The van der Waals surface area contributed by atoms with Crippen LogP contribution in [-0.2, 0) is 13.6 Å². The molecular formula is C19H24N6S. The molecule has 0 amide bonds. The van der Waals surface area contributed by atoms with Gasteiger partial charge in [-0.25, -0.2) is 15.0 Å². The van der Waals surface area contributed by atoms with Crippen molar-refractivity contribution in [2.45, 2.75) is 32.2 Å². The SMILES string of the molecule is Cc1ccc(Nc2nc([C@@H]3CCCN(Cc4nccn4C)C3)cs2)nc1. The maximum atomic E-state index is 4.82. The fourth-order valence-corrected chi connectivity index (χ4v) is 4.17. The summed E-state index contributed by atoms with van der Waals surface area (Å²) >= 11 is 1.65. The lowest BCUT2D eigenvalue weighted by Crippen LogP contribution is -2.34. The molecule has 7 heteroatoms. The third-order valence-electron chi connectivity index (χ3n) is 4.88. The Morgan fingerprint density at radius 3 is 3.00 bits per heavy atom. The van der Waals surface area contributed by atoms with E-state index >= 15 is 0 Å². The van der Waals surface area contributed by atoms with Crippen molar-refractivity contribution in [2.24, 2.45) is 7.05 Å². The molecule has 0 unspecified atom stereocenters. The summed E-state index contributed by atoms with van der Waals surface area (Å²) in [5.74, 6) is 2.45. The average Bonchev–Trinajstić information content (AvgIpc) is 3.27. The monoisotopic (exact) mass is 368 g/mol. The standard InChI is InChI=1S/C19H24N6S/c1-14-5-6-17(21-10-14)23-19-22-16(13-26-19)15-4-3-8-25(11-15)12-18-20-7-9-24(18)2/h5-7,9-10,13,15H,3-4,8,11-12H2,1-2H3,(H,21,22,23)/t15-/m1/s1. The van der Waals surface area contributed by atoms with Gasteiger partial charge in [-0.3, -0.25) is 4.90 Å². The van der Waals surface area contributed by atoms with Crippen LogP contribution < -0.4 is 5.32 Å². The third kappa shape index (κ3) is 3.94. The molecule has 0 spiro atoms. The van der Waals surface area contributed by atoms with Crippen LogP contribution in [0.5, 0.6) is 0 Å². The quantitative estimate of drug-likeness (QED) is 0.744. The number of nitrogens with zero attached hydrogens (tertiary/aromatic N) is 5. The van der Waals surface area contributed by atoms with E-state index in [2.05, 4.69) is 43.2 Å². The molecule has 0 bridgehead atoms. The van der Waals surface area contributed by atoms with Gasteiger partial charge in [0, 0.05) is 43.5 Å². The predicted molar refractivity (Wildman–Crippen MR) is 105 cm³/mol. The van der Waals surface area contributed by atoms with E-state index in [1.165, 1.54) is 18.5 Å². The number of aromatic nitrogens is 4. The van der Waals surface area contributed by atoms with Crippen LogP contribution in [0.3, 0.4) is 0 Å². The number of piperidine rings is 1. The van der Waals surface area contributed by atoms with Crippen molar-refractivity contribution < 1.29 is 0 Å². The normalized spacial score (nSPS) is 18.2. The van der Waals surface area contributed by atoms with E-state index in [0.29, 0.717) is 5.92 Å². The lowest BCUT2D eigenvalue weighted by atomic mass is 9.95. The minimum Gasteiger partial charge on any atom is -0.337 e. The largest absolute Gasteiger partial charge is 0.337 e.